The molecule has 8 heteroatoms. The van der Waals surface area contributed by atoms with E-state index in [9.17, 15) is 30.0 Å². The highest BCUT2D eigenvalue weighted by Crippen LogP contribution is 2.26. The van der Waals surface area contributed by atoms with Crippen molar-refractivity contribution in [1.82, 2.24) is 5.32 Å². The van der Waals surface area contributed by atoms with Gasteiger partial charge in [0.2, 0.25) is 11.8 Å². The zero-order valence-corrected chi connectivity index (χ0v) is 13.6. The first kappa shape index (κ1) is 18.7. The van der Waals surface area contributed by atoms with Crippen LogP contribution in [0.3, 0.4) is 0 Å². The highest BCUT2D eigenvalue weighted by Gasteiger charge is 2.18. The summed E-state index contributed by atoms with van der Waals surface area (Å²) in [7, 11) is 0. The molecule has 0 unspecified atom stereocenters. The van der Waals surface area contributed by atoms with E-state index in [1.165, 1.54) is 42.5 Å². The van der Waals surface area contributed by atoms with Crippen LogP contribution in [0.5, 0.6) is 23.0 Å². The van der Waals surface area contributed by atoms with Gasteiger partial charge in [0.05, 0.1) is 0 Å². The quantitative estimate of drug-likeness (QED) is 0.331. The number of phenolic OH excluding ortho intramolecular Hbond substituents is 4. The van der Waals surface area contributed by atoms with Crippen LogP contribution in [0.4, 0.5) is 0 Å². The molecule has 0 aliphatic rings. The van der Waals surface area contributed by atoms with Crippen LogP contribution in [0, 0.1) is 0 Å². The lowest BCUT2D eigenvalue weighted by molar-refractivity contribution is -0.124. The Labute approximate surface area is 148 Å². The molecule has 0 bridgehead atoms. The van der Waals surface area contributed by atoms with E-state index in [1.54, 1.807) is 0 Å². The third-order valence-electron chi connectivity index (χ3n) is 3.57. The van der Waals surface area contributed by atoms with Crippen molar-refractivity contribution in [1.29, 1.82) is 0 Å². The molecule has 8 nitrogen and oxygen atoms in total. The minimum Gasteiger partial charge on any atom is -0.504 e. The Kier molecular flexibility index (Phi) is 5.69. The lowest BCUT2D eigenvalue weighted by atomic mass is 10.0. The summed E-state index contributed by atoms with van der Waals surface area (Å²) in [5.74, 6) is -2.60. The maximum atomic E-state index is 12.0. The Hall–Kier alpha value is -3.68. The van der Waals surface area contributed by atoms with Crippen molar-refractivity contribution >= 4 is 17.9 Å². The van der Waals surface area contributed by atoms with Crippen LogP contribution in [0.2, 0.25) is 0 Å². The number of phenols is 4. The molecule has 0 aliphatic carbocycles. The van der Waals surface area contributed by atoms with Crippen LogP contribution in [-0.2, 0) is 16.0 Å². The number of nitrogens with two attached hydrogens (primary N) is 1. The number of carbonyl (C=O) groups excluding carboxylic acids is 2. The molecule has 0 fully saturated rings. The average molecular weight is 358 g/mol. The summed E-state index contributed by atoms with van der Waals surface area (Å²) in [5, 5.41) is 39.9. The minimum absolute atomic E-state index is 0.0305. The zero-order valence-electron chi connectivity index (χ0n) is 13.6. The molecule has 1 atom stereocenters. The maximum absolute atomic E-state index is 12.0. The maximum Gasteiger partial charge on any atom is 0.244 e. The fourth-order valence-corrected chi connectivity index (χ4v) is 2.19. The molecule has 0 radical (unpaired) electrons. The standard InChI is InChI=1S/C18H18N2O6/c19-18(26)12(7-11-2-5-14(22)16(24)9-11)20-17(25)6-3-10-1-4-13(21)15(23)8-10/h1-6,8-9,12,21-24H,7H2,(H2,19,26)(H,20,25)/t12-/m1/s1. The van der Waals surface area contributed by atoms with Gasteiger partial charge in [0, 0.05) is 12.5 Å². The van der Waals surface area contributed by atoms with Crippen molar-refractivity contribution in [2.24, 2.45) is 5.73 Å². The summed E-state index contributed by atoms with van der Waals surface area (Å²) < 4.78 is 0. The summed E-state index contributed by atoms with van der Waals surface area (Å²) >= 11 is 0. The molecule has 0 saturated heterocycles. The molecule has 2 amide bonds. The third-order valence-corrected chi connectivity index (χ3v) is 3.57. The monoisotopic (exact) mass is 358 g/mol. The molecule has 2 aromatic carbocycles. The Morgan fingerprint density at radius 1 is 0.962 bits per heavy atom. The van der Waals surface area contributed by atoms with Gasteiger partial charge in [0.1, 0.15) is 6.04 Å². The second kappa shape index (κ2) is 7.93. The molecule has 26 heavy (non-hydrogen) atoms. The fraction of sp³-hybridized carbons (Fsp3) is 0.111. The molecule has 136 valence electrons. The van der Waals surface area contributed by atoms with Gasteiger partial charge in [-0.05, 0) is 41.5 Å². The minimum atomic E-state index is -1.02. The highest BCUT2D eigenvalue weighted by atomic mass is 16.3. The van der Waals surface area contributed by atoms with Crippen LogP contribution < -0.4 is 11.1 Å². The predicted octanol–water partition coefficient (Wildman–Crippen LogP) is 0.735. The molecular weight excluding hydrogens is 340 g/mol. The van der Waals surface area contributed by atoms with Gasteiger partial charge in [0.25, 0.3) is 0 Å². The molecule has 0 saturated carbocycles. The van der Waals surface area contributed by atoms with Gasteiger partial charge < -0.3 is 31.5 Å². The first-order chi connectivity index (χ1) is 12.3. The van der Waals surface area contributed by atoms with Crippen LogP contribution in [-0.4, -0.2) is 38.3 Å². The van der Waals surface area contributed by atoms with Gasteiger partial charge >= 0.3 is 0 Å². The number of aromatic hydroxyl groups is 4. The number of amides is 2. The summed E-state index contributed by atoms with van der Waals surface area (Å²) in [5.41, 5.74) is 6.26. The van der Waals surface area contributed by atoms with Crippen molar-refractivity contribution in [3.8, 4) is 23.0 Å². The van der Waals surface area contributed by atoms with Crippen LogP contribution in [0.15, 0.2) is 42.5 Å². The highest BCUT2D eigenvalue weighted by molar-refractivity contribution is 5.95. The van der Waals surface area contributed by atoms with E-state index in [0.29, 0.717) is 11.1 Å². The van der Waals surface area contributed by atoms with Gasteiger partial charge in [-0.1, -0.05) is 12.1 Å². The number of benzene rings is 2. The van der Waals surface area contributed by atoms with Crippen molar-refractivity contribution in [2.75, 3.05) is 0 Å². The average Bonchev–Trinajstić information content (AvgIpc) is 2.58. The molecule has 2 rings (SSSR count). The Bertz CT molecular complexity index is 863. The Balaban J connectivity index is 2.05. The zero-order chi connectivity index (χ0) is 19.3. The van der Waals surface area contributed by atoms with E-state index in [1.807, 2.05) is 0 Å². The van der Waals surface area contributed by atoms with E-state index in [2.05, 4.69) is 5.32 Å². The number of primary amides is 1. The molecular formula is C18H18N2O6. The van der Waals surface area contributed by atoms with Crippen molar-refractivity contribution in [3.05, 3.63) is 53.6 Å². The largest absolute Gasteiger partial charge is 0.504 e. The summed E-state index contributed by atoms with van der Waals surface area (Å²) in [4.78, 5) is 23.5. The first-order valence-corrected chi connectivity index (χ1v) is 7.57. The molecule has 0 spiro atoms. The summed E-state index contributed by atoms with van der Waals surface area (Å²) in [6.45, 7) is 0. The number of hydrogen-bond acceptors (Lipinski definition) is 6. The van der Waals surface area contributed by atoms with E-state index in [4.69, 9.17) is 5.73 Å². The SMILES string of the molecule is NC(=O)[C@@H](Cc1ccc(O)c(O)c1)NC(=O)C=Cc1ccc(O)c(O)c1. The van der Waals surface area contributed by atoms with Gasteiger partial charge in [-0.25, -0.2) is 0 Å². The van der Waals surface area contributed by atoms with E-state index in [-0.39, 0.29) is 29.4 Å². The number of carbonyl (C=O) groups is 2. The fourth-order valence-electron chi connectivity index (χ4n) is 2.19. The van der Waals surface area contributed by atoms with Crippen LogP contribution in [0.1, 0.15) is 11.1 Å². The second-order valence-corrected chi connectivity index (χ2v) is 5.57. The first-order valence-electron chi connectivity index (χ1n) is 7.57. The molecule has 0 heterocycles. The third kappa shape index (κ3) is 4.91. The predicted molar refractivity (Wildman–Crippen MR) is 93.4 cm³/mol. The van der Waals surface area contributed by atoms with Crippen molar-refractivity contribution in [2.45, 2.75) is 12.5 Å². The summed E-state index contributed by atoms with van der Waals surface area (Å²) in [6.07, 6.45) is 2.57. The molecule has 7 N–H and O–H groups in total. The van der Waals surface area contributed by atoms with Crippen LogP contribution >= 0.6 is 0 Å². The normalized spacial score (nSPS) is 12.0. The van der Waals surface area contributed by atoms with Crippen molar-refractivity contribution < 1.29 is 30.0 Å². The number of hydrogen-bond donors (Lipinski definition) is 6. The van der Waals surface area contributed by atoms with E-state index >= 15 is 0 Å². The smallest absolute Gasteiger partial charge is 0.244 e. The second-order valence-electron chi connectivity index (χ2n) is 5.57. The van der Waals surface area contributed by atoms with Crippen LogP contribution in [0.25, 0.3) is 6.08 Å². The van der Waals surface area contributed by atoms with Gasteiger partial charge in [0.15, 0.2) is 23.0 Å². The lowest BCUT2D eigenvalue weighted by Crippen LogP contribution is -2.45. The van der Waals surface area contributed by atoms with E-state index in [0.717, 1.165) is 6.08 Å². The Morgan fingerprint density at radius 3 is 2.15 bits per heavy atom. The number of nitrogens with one attached hydrogen (secondary N) is 1. The van der Waals surface area contributed by atoms with E-state index < -0.39 is 17.9 Å². The number of rotatable bonds is 6. The van der Waals surface area contributed by atoms with Gasteiger partial charge in [-0.2, -0.15) is 0 Å². The van der Waals surface area contributed by atoms with Gasteiger partial charge in [-0.3, -0.25) is 9.59 Å². The summed E-state index contributed by atoms with van der Waals surface area (Å²) in [6, 6.07) is 7.04. The Morgan fingerprint density at radius 2 is 1.58 bits per heavy atom. The lowest BCUT2D eigenvalue weighted by Gasteiger charge is -2.14. The topological polar surface area (TPSA) is 153 Å². The molecule has 0 aliphatic heterocycles. The molecule has 0 aromatic heterocycles. The van der Waals surface area contributed by atoms with Gasteiger partial charge in [-0.15, -0.1) is 0 Å². The molecule has 2 aromatic rings. The van der Waals surface area contributed by atoms with Crippen molar-refractivity contribution in [3.63, 3.8) is 0 Å².